The minimum atomic E-state index is -4.37. The van der Waals surface area contributed by atoms with E-state index in [9.17, 15) is 18.0 Å². The molecule has 0 aliphatic rings. The van der Waals surface area contributed by atoms with Gasteiger partial charge in [-0.15, -0.1) is 0 Å². The van der Waals surface area contributed by atoms with Crippen LogP contribution in [0.4, 0.5) is 13.2 Å². The molecule has 23 heavy (non-hydrogen) atoms. The second kappa shape index (κ2) is 6.64. The normalized spacial score (nSPS) is 11.4. The lowest BCUT2D eigenvalue weighted by molar-refractivity contribution is -0.136. The molecule has 0 fully saturated rings. The quantitative estimate of drug-likeness (QED) is 0.845. The summed E-state index contributed by atoms with van der Waals surface area (Å²) in [6.07, 6.45) is -2.69. The molecule has 2 rings (SSSR count). The monoisotopic (exact) mass is 325 g/mol. The first-order valence-corrected chi connectivity index (χ1v) is 6.82. The topological polar surface area (TPSA) is 74.8 Å². The molecule has 0 aliphatic carbocycles. The Hall–Kier alpha value is -2.63. The summed E-state index contributed by atoms with van der Waals surface area (Å²) in [5.41, 5.74) is 1.20. The van der Waals surface area contributed by atoms with Crippen molar-refractivity contribution in [2.24, 2.45) is 7.05 Å². The van der Waals surface area contributed by atoms with E-state index >= 15 is 0 Å². The smallest absolute Gasteiger partial charge is 0.337 e. The average molecular weight is 325 g/mol. The van der Waals surface area contributed by atoms with Gasteiger partial charge in [0.05, 0.1) is 30.8 Å². The molecular formula is C14H14F3N5O. The van der Waals surface area contributed by atoms with Crippen LogP contribution in [-0.4, -0.2) is 44.6 Å². The number of nitriles is 1. The van der Waals surface area contributed by atoms with E-state index in [1.54, 1.807) is 11.6 Å². The Morgan fingerprint density at radius 1 is 1.39 bits per heavy atom. The van der Waals surface area contributed by atoms with Crippen molar-refractivity contribution in [3.8, 4) is 6.07 Å². The van der Waals surface area contributed by atoms with Gasteiger partial charge in [-0.25, -0.2) is 9.97 Å². The Morgan fingerprint density at radius 2 is 2.13 bits per heavy atom. The van der Waals surface area contributed by atoms with Gasteiger partial charge < -0.3 is 9.47 Å². The number of carbonyl (C=O) groups excluding carboxylic acids is 1. The van der Waals surface area contributed by atoms with Crippen molar-refractivity contribution in [2.45, 2.75) is 19.0 Å². The van der Waals surface area contributed by atoms with Gasteiger partial charge in [-0.2, -0.15) is 18.4 Å². The first-order valence-electron chi connectivity index (χ1n) is 6.82. The Kier molecular flexibility index (Phi) is 4.83. The molecule has 2 aromatic rings. The molecule has 0 N–H and O–H groups in total. The number of carbonyl (C=O) groups is 1. The van der Waals surface area contributed by atoms with Crippen LogP contribution in [0.15, 0.2) is 18.6 Å². The minimum Gasteiger partial charge on any atom is -0.337 e. The summed E-state index contributed by atoms with van der Waals surface area (Å²) in [7, 11) is 1.74. The third kappa shape index (κ3) is 4.18. The maximum Gasteiger partial charge on any atom is 0.390 e. The fraction of sp³-hybridized carbons (Fsp3) is 0.429. The number of aromatic nitrogens is 3. The first kappa shape index (κ1) is 16.7. The van der Waals surface area contributed by atoms with Gasteiger partial charge in [0, 0.05) is 26.3 Å². The van der Waals surface area contributed by atoms with Gasteiger partial charge in [0.25, 0.3) is 5.91 Å². The first-order chi connectivity index (χ1) is 10.8. The number of nitrogens with zero attached hydrogens (tertiary/aromatic N) is 5. The Bertz CT molecular complexity index is 747. The second-order valence-corrected chi connectivity index (χ2v) is 4.99. The van der Waals surface area contributed by atoms with Gasteiger partial charge in [-0.1, -0.05) is 0 Å². The van der Waals surface area contributed by atoms with Gasteiger partial charge in [-0.3, -0.25) is 4.79 Å². The largest absolute Gasteiger partial charge is 0.390 e. The van der Waals surface area contributed by atoms with Crippen LogP contribution < -0.4 is 0 Å². The highest BCUT2D eigenvalue weighted by Crippen LogP contribution is 2.21. The number of rotatable bonds is 5. The van der Waals surface area contributed by atoms with Crippen LogP contribution in [0.5, 0.6) is 0 Å². The number of fused-ring (bicyclic) bond motifs is 1. The zero-order valence-electron chi connectivity index (χ0n) is 12.3. The second-order valence-electron chi connectivity index (χ2n) is 4.99. The van der Waals surface area contributed by atoms with Crippen LogP contribution in [0.3, 0.4) is 0 Å². The van der Waals surface area contributed by atoms with E-state index in [0.717, 1.165) is 4.90 Å². The Labute approximate surface area is 130 Å². The van der Waals surface area contributed by atoms with E-state index in [0.29, 0.717) is 11.2 Å². The van der Waals surface area contributed by atoms with Crippen LogP contribution in [0, 0.1) is 11.3 Å². The number of halogens is 3. The molecule has 0 bridgehead atoms. The molecule has 0 atom stereocenters. The third-order valence-corrected chi connectivity index (χ3v) is 3.24. The Balaban J connectivity index is 2.21. The molecular weight excluding hydrogens is 311 g/mol. The number of pyridine rings is 1. The summed E-state index contributed by atoms with van der Waals surface area (Å²) in [6.45, 7) is -0.560. The SMILES string of the molecule is Cn1cnc2cc(C(=O)N(CCC#N)CCC(F)(F)F)cnc21. The molecule has 0 aliphatic heterocycles. The lowest BCUT2D eigenvalue weighted by atomic mass is 10.2. The molecule has 6 nitrogen and oxygen atoms in total. The summed E-state index contributed by atoms with van der Waals surface area (Å²) >= 11 is 0. The number of imidazole rings is 1. The zero-order chi connectivity index (χ0) is 17.0. The molecule has 122 valence electrons. The maximum absolute atomic E-state index is 12.4. The molecule has 2 aromatic heterocycles. The molecule has 0 radical (unpaired) electrons. The van der Waals surface area contributed by atoms with Crippen molar-refractivity contribution >= 4 is 17.1 Å². The molecule has 1 amide bonds. The van der Waals surface area contributed by atoms with Gasteiger partial charge in [-0.05, 0) is 6.07 Å². The van der Waals surface area contributed by atoms with Crippen LogP contribution in [0.25, 0.3) is 11.2 Å². The van der Waals surface area contributed by atoms with E-state index < -0.39 is 25.0 Å². The van der Waals surface area contributed by atoms with Gasteiger partial charge >= 0.3 is 6.18 Å². The zero-order valence-corrected chi connectivity index (χ0v) is 12.3. The van der Waals surface area contributed by atoms with Gasteiger partial charge in [0.1, 0.15) is 5.52 Å². The van der Waals surface area contributed by atoms with Crippen molar-refractivity contribution < 1.29 is 18.0 Å². The van der Waals surface area contributed by atoms with E-state index in [1.165, 1.54) is 18.6 Å². The molecule has 0 saturated heterocycles. The van der Waals surface area contributed by atoms with Crippen LogP contribution >= 0.6 is 0 Å². The van der Waals surface area contributed by atoms with E-state index in [2.05, 4.69) is 9.97 Å². The van der Waals surface area contributed by atoms with E-state index in [-0.39, 0.29) is 18.5 Å². The number of alkyl halides is 3. The van der Waals surface area contributed by atoms with Crippen molar-refractivity contribution in [3.63, 3.8) is 0 Å². The van der Waals surface area contributed by atoms with Crippen molar-refractivity contribution in [3.05, 3.63) is 24.2 Å². The lowest BCUT2D eigenvalue weighted by Crippen LogP contribution is -2.35. The van der Waals surface area contributed by atoms with Crippen LogP contribution in [0.1, 0.15) is 23.2 Å². The lowest BCUT2D eigenvalue weighted by Gasteiger charge is -2.22. The summed E-state index contributed by atoms with van der Waals surface area (Å²) < 4.78 is 38.8. The third-order valence-electron chi connectivity index (χ3n) is 3.24. The molecule has 0 unspecified atom stereocenters. The van der Waals surface area contributed by atoms with E-state index in [4.69, 9.17) is 5.26 Å². The minimum absolute atomic E-state index is 0.0388. The molecule has 2 heterocycles. The van der Waals surface area contributed by atoms with E-state index in [1.807, 2.05) is 6.07 Å². The van der Waals surface area contributed by atoms with Gasteiger partial charge in [0.15, 0.2) is 5.65 Å². The molecule has 9 heteroatoms. The van der Waals surface area contributed by atoms with Crippen LogP contribution in [-0.2, 0) is 7.05 Å². The van der Waals surface area contributed by atoms with Crippen molar-refractivity contribution in [1.82, 2.24) is 19.4 Å². The fourth-order valence-corrected chi connectivity index (χ4v) is 2.08. The number of hydrogen-bond acceptors (Lipinski definition) is 4. The van der Waals surface area contributed by atoms with Crippen LogP contribution in [0.2, 0.25) is 0 Å². The molecule has 0 aromatic carbocycles. The number of hydrogen-bond donors (Lipinski definition) is 0. The van der Waals surface area contributed by atoms with Crippen molar-refractivity contribution in [2.75, 3.05) is 13.1 Å². The standard InChI is InChI=1S/C14H14F3N5O/c1-21-9-20-11-7-10(8-19-12(11)21)13(23)22(5-2-4-18)6-3-14(15,16)17/h7-9H,2-3,5-6H2,1H3. The highest BCUT2D eigenvalue weighted by molar-refractivity contribution is 5.96. The molecule has 0 saturated carbocycles. The summed E-state index contributed by atoms with van der Waals surface area (Å²) in [6, 6.07) is 3.31. The highest BCUT2D eigenvalue weighted by Gasteiger charge is 2.29. The maximum atomic E-state index is 12.4. The van der Waals surface area contributed by atoms with Gasteiger partial charge in [0.2, 0.25) is 0 Å². The summed E-state index contributed by atoms with van der Waals surface area (Å²) in [4.78, 5) is 21.6. The Morgan fingerprint density at radius 3 is 2.78 bits per heavy atom. The predicted octanol–water partition coefficient (Wildman–Crippen LogP) is 2.28. The molecule has 0 spiro atoms. The average Bonchev–Trinajstić information content (AvgIpc) is 2.86. The summed E-state index contributed by atoms with van der Waals surface area (Å²) in [5.74, 6) is -0.593. The fourth-order valence-electron chi connectivity index (χ4n) is 2.08. The highest BCUT2D eigenvalue weighted by atomic mass is 19.4. The predicted molar refractivity (Wildman–Crippen MR) is 75.3 cm³/mol. The van der Waals surface area contributed by atoms with Crippen molar-refractivity contribution in [1.29, 1.82) is 5.26 Å². The number of amides is 1. The summed E-state index contributed by atoms with van der Waals surface area (Å²) in [5, 5.41) is 8.60. The number of aryl methyl sites for hydroxylation is 1.